The Bertz CT molecular complexity index is 251. The first-order chi connectivity index (χ1) is 6.09. The first-order valence-corrected chi connectivity index (χ1v) is 3.88. The Morgan fingerprint density at radius 3 is 2.85 bits per heavy atom. The molecule has 0 aliphatic carbocycles. The van der Waals surface area contributed by atoms with Gasteiger partial charge in [0.1, 0.15) is 0 Å². The lowest BCUT2D eigenvalue weighted by molar-refractivity contribution is -0.136. The molecule has 6 nitrogen and oxygen atoms in total. The van der Waals surface area contributed by atoms with E-state index >= 15 is 0 Å². The number of carboxylic acids is 1. The van der Waals surface area contributed by atoms with E-state index in [2.05, 4.69) is 10.6 Å². The largest absolute Gasteiger partial charge is 0.480 e. The highest BCUT2D eigenvalue weighted by Gasteiger charge is 2.26. The third kappa shape index (κ3) is 2.83. The van der Waals surface area contributed by atoms with Crippen molar-refractivity contribution in [3.63, 3.8) is 0 Å². The number of amides is 2. The van der Waals surface area contributed by atoms with Crippen LogP contribution in [0.5, 0.6) is 0 Å². The number of carboxylic acid groups (broad SMARTS) is 1. The Kier molecular flexibility index (Phi) is 2.97. The second-order valence-electron chi connectivity index (χ2n) is 2.78. The summed E-state index contributed by atoms with van der Waals surface area (Å²) in [6, 6.07) is -0.561. The first kappa shape index (κ1) is 9.66. The third-order valence-electron chi connectivity index (χ3n) is 1.74. The van der Waals surface area contributed by atoms with Crippen LogP contribution in [0.25, 0.3) is 0 Å². The van der Waals surface area contributed by atoms with Gasteiger partial charge in [-0.05, 0) is 6.42 Å². The predicted molar refractivity (Wildman–Crippen MR) is 41.8 cm³/mol. The van der Waals surface area contributed by atoms with Gasteiger partial charge in [0.15, 0.2) is 0 Å². The normalized spacial score (nSPS) is 22.6. The number of imide groups is 1. The van der Waals surface area contributed by atoms with Gasteiger partial charge in [0.2, 0.25) is 11.8 Å². The van der Waals surface area contributed by atoms with Crippen molar-refractivity contribution < 1.29 is 19.5 Å². The van der Waals surface area contributed by atoms with Crippen LogP contribution >= 0.6 is 0 Å². The minimum atomic E-state index is -1.02. The molecule has 0 spiro atoms. The number of piperidine rings is 1. The molecular formula is C7H10N2O4. The van der Waals surface area contributed by atoms with E-state index in [1.807, 2.05) is 0 Å². The number of carbonyl (C=O) groups excluding carboxylic acids is 2. The lowest BCUT2D eigenvalue weighted by atomic mass is 10.1. The summed E-state index contributed by atoms with van der Waals surface area (Å²) in [5.74, 6) is -1.78. The summed E-state index contributed by atoms with van der Waals surface area (Å²) in [4.78, 5) is 31.9. The summed E-state index contributed by atoms with van der Waals surface area (Å²) in [5, 5.41) is 13.0. The molecule has 0 radical (unpaired) electrons. The van der Waals surface area contributed by atoms with Gasteiger partial charge in [0.05, 0.1) is 12.6 Å². The highest BCUT2D eigenvalue weighted by atomic mass is 16.4. The predicted octanol–water partition coefficient (Wildman–Crippen LogP) is -1.53. The quantitative estimate of drug-likeness (QED) is 0.464. The number of rotatable bonds is 3. The van der Waals surface area contributed by atoms with Gasteiger partial charge < -0.3 is 5.11 Å². The van der Waals surface area contributed by atoms with Crippen molar-refractivity contribution in [1.82, 2.24) is 10.6 Å². The Hall–Kier alpha value is -1.43. The maximum atomic E-state index is 11.0. The van der Waals surface area contributed by atoms with E-state index in [0.717, 1.165) is 0 Å². The fourth-order valence-electron chi connectivity index (χ4n) is 1.10. The molecule has 0 aromatic heterocycles. The molecule has 13 heavy (non-hydrogen) atoms. The van der Waals surface area contributed by atoms with Crippen molar-refractivity contribution in [2.75, 3.05) is 6.54 Å². The molecule has 0 aromatic rings. The molecule has 1 saturated heterocycles. The molecule has 3 N–H and O–H groups in total. The molecule has 72 valence electrons. The van der Waals surface area contributed by atoms with Crippen LogP contribution in [0.4, 0.5) is 0 Å². The summed E-state index contributed by atoms with van der Waals surface area (Å²) in [6.45, 7) is -0.272. The molecule has 1 unspecified atom stereocenters. The van der Waals surface area contributed by atoms with Crippen molar-refractivity contribution in [2.45, 2.75) is 18.9 Å². The minimum Gasteiger partial charge on any atom is -0.480 e. The third-order valence-corrected chi connectivity index (χ3v) is 1.74. The van der Waals surface area contributed by atoms with E-state index in [0.29, 0.717) is 6.42 Å². The SMILES string of the molecule is O=C(O)CNC1CCC(=O)NC1=O. The van der Waals surface area contributed by atoms with E-state index in [-0.39, 0.29) is 18.9 Å². The van der Waals surface area contributed by atoms with Gasteiger partial charge in [0.25, 0.3) is 0 Å². The number of nitrogens with one attached hydrogen (secondary N) is 2. The molecule has 0 saturated carbocycles. The van der Waals surface area contributed by atoms with Crippen LogP contribution < -0.4 is 10.6 Å². The summed E-state index contributed by atoms with van der Waals surface area (Å²) in [6.07, 6.45) is 0.612. The van der Waals surface area contributed by atoms with E-state index < -0.39 is 17.9 Å². The maximum absolute atomic E-state index is 11.0. The molecule has 1 rings (SSSR count). The van der Waals surface area contributed by atoms with Crippen LogP contribution in [0.15, 0.2) is 0 Å². The molecule has 6 heteroatoms. The maximum Gasteiger partial charge on any atom is 0.317 e. The van der Waals surface area contributed by atoms with Crippen LogP contribution in [0.3, 0.4) is 0 Å². The number of carbonyl (C=O) groups is 3. The van der Waals surface area contributed by atoms with Crippen molar-refractivity contribution in [2.24, 2.45) is 0 Å². The van der Waals surface area contributed by atoms with Gasteiger partial charge in [-0.15, -0.1) is 0 Å². The fraction of sp³-hybridized carbons (Fsp3) is 0.571. The molecular weight excluding hydrogens is 176 g/mol. The number of hydrogen-bond donors (Lipinski definition) is 3. The highest BCUT2D eigenvalue weighted by Crippen LogP contribution is 2.03. The lowest BCUT2D eigenvalue weighted by Crippen LogP contribution is -2.51. The summed E-state index contributed by atoms with van der Waals surface area (Å²) in [5.41, 5.74) is 0. The topological polar surface area (TPSA) is 95.5 Å². The molecule has 1 aliphatic rings. The van der Waals surface area contributed by atoms with Gasteiger partial charge in [-0.3, -0.25) is 25.0 Å². The van der Waals surface area contributed by atoms with Crippen molar-refractivity contribution in [3.8, 4) is 0 Å². The average Bonchev–Trinajstić information content (AvgIpc) is 2.02. The van der Waals surface area contributed by atoms with Crippen molar-refractivity contribution in [3.05, 3.63) is 0 Å². The Labute approximate surface area is 74.3 Å². The number of hydrogen-bond acceptors (Lipinski definition) is 4. The zero-order valence-electron chi connectivity index (χ0n) is 6.87. The van der Waals surface area contributed by atoms with Crippen molar-refractivity contribution >= 4 is 17.8 Å². The van der Waals surface area contributed by atoms with Gasteiger partial charge >= 0.3 is 5.97 Å². The Morgan fingerprint density at radius 1 is 1.62 bits per heavy atom. The Balaban J connectivity index is 2.38. The van der Waals surface area contributed by atoms with Crippen LogP contribution in [0.2, 0.25) is 0 Å². The van der Waals surface area contributed by atoms with Gasteiger partial charge in [-0.1, -0.05) is 0 Å². The highest BCUT2D eigenvalue weighted by molar-refractivity contribution is 6.00. The van der Waals surface area contributed by atoms with E-state index in [1.54, 1.807) is 0 Å². The van der Waals surface area contributed by atoms with Crippen LogP contribution in [0.1, 0.15) is 12.8 Å². The lowest BCUT2D eigenvalue weighted by Gasteiger charge is -2.20. The first-order valence-electron chi connectivity index (χ1n) is 3.88. The van der Waals surface area contributed by atoms with Gasteiger partial charge in [-0.25, -0.2) is 0 Å². The smallest absolute Gasteiger partial charge is 0.317 e. The zero-order chi connectivity index (χ0) is 9.84. The molecule has 1 fully saturated rings. The van der Waals surface area contributed by atoms with E-state index in [4.69, 9.17) is 5.11 Å². The minimum absolute atomic E-state index is 0.253. The second kappa shape index (κ2) is 3.99. The van der Waals surface area contributed by atoms with Crippen LogP contribution in [-0.4, -0.2) is 35.5 Å². The fourth-order valence-corrected chi connectivity index (χ4v) is 1.10. The van der Waals surface area contributed by atoms with Crippen LogP contribution in [-0.2, 0) is 14.4 Å². The number of aliphatic carboxylic acids is 1. The molecule has 2 amide bonds. The van der Waals surface area contributed by atoms with Gasteiger partial charge in [-0.2, -0.15) is 0 Å². The summed E-state index contributed by atoms with van der Waals surface area (Å²) in [7, 11) is 0. The van der Waals surface area contributed by atoms with Crippen molar-refractivity contribution in [1.29, 1.82) is 0 Å². The average molecular weight is 186 g/mol. The zero-order valence-corrected chi connectivity index (χ0v) is 6.87. The monoisotopic (exact) mass is 186 g/mol. The molecule has 0 aromatic carbocycles. The van der Waals surface area contributed by atoms with Gasteiger partial charge in [0, 0.05) is 6.42 Å². The molecule has 1 aliphatic heterocycles. The molecule has 0 bridgehead atoms. The molecule has 1 atom stereocenters. The van der Waals surface area contributed by atoms with E-state index in [1.165, 1.54) is 0 Å². The van der Waals surface area contributed by atoms with E-state index in [9.17, 15) is 14.4 Å². The Morgan fingerprint density at radius 2 is 2.31 bits per heavy atom. The summed E-state index contributed by atoms with van der Waals surface area (Å²) < 4.78 is 0. The second-order valence-corrected chi connectivity index (χ2v) is 2.78. The standard InChI is InChI=1S/C7H10N2O4/c10-5-2-1-4(7(13)9-5)8-3-6(11)12/h4,8H,1-3H2,(H,11,12)(H,9,10,13). The summed E-state index contributed by atoms with van der Waals surface area (Å²) >= 11 is 0. The van der Waals surface area contributed by atoms with Crippen LogP contribution in [0, 0.1) is 0 Å². The molecule has 1 heterocycles.